The molecular formula is C19H24F3N5O4. The van der Waals surface area contributed by atoms with Crippen molar-refractivity contribution in [2.24, 2.45) is 0 Å². The van der Waals surface area contributed by atoms with Crippen LogP contribution in [0.3, 0.4) is 0 Å². The van der Waals surface area contributed by atoms with Crippen molar-refractivity contribution in [3.05, 3.63) is 42.0 Å². The van der Waals surface area contributed by atoms with E-state index in [-0.39, 0.29) is 5.69 Å². The second kappa shape index (κ2) is 10.3. The lowest BCUT2D eigenvalue weighted by Gasteiger charge is -2.39. The number of anilines is 1. The smallest absolute Gasteiger partial charge is 0.416 e. The Morgan fingerprint density at radius 2 is 2.06 bits per heavy atom. The number of amides is 2. The molecule has 1 aliphatic rings. The van der Waals surface area contributed by atoms with Crippen LogP contribution in [-0.2, 0) is 11.0 Å². The van der Waals surface area contributed by atoms with Gasteiger partial charge in [-0.1, -0.05) is 6.08 Å². The van der Waals surface area contributed by atoms with Crippen molar-refractivity contribution in [1.29, 1.82) is 0 Å². The van der Waals surface area contributed by atoms with Gasteiger partial charge in [-0.05, 0) is 24.6 Å². The minimum absolute atomic E-state index is 0.185. The average Bonchev–Trinajstić information content (AvgIpc) is 2.68. The van der Waals surface area contributed by atoms with E-state index in [9.17, 15) is 27.6 Å². The highest BCUT2D eigenvalue weighted by Crippen LogP contribution is 2.31. The topological polar surface area (TPSA) is 137 Å². The van der Waals surface area contributed by atoms with Crippen molar-refractivity contribution >= 4 is 24.0 Å². The van der Waals surface area contributed by atoms with Crippen molar-refractivity contribution in [3.8, 4) is 0 Å². The van der Waals surface area contributed by atoms with Gasteiger partial charge < -0.3 is 21.5 Å². The number of piperidine rings is 1. The second-order valence-corrected chi connectivity index (χ2v) is 7.05. The summed E-state index contributed by atoms with van der Waals surface area (Å²) < 4.78 is 38.8. The molecule has 0 spiro atoms. The quantitative estimate of drug-likeness (QED) is 0.175. The maximum Gasteiger partial charge on any atom is 0.416 e. The highest BCUT2D eigenvalue weighted by atomic mass is 19.4. The van der Waals surface area contributed by atoms with Crippen LogP contribution in [0.4, 0.5) is 23.7 Å². The molecule has 1 fully saturated rings. The third-order valence-corrected chi connectivity index (χ3v) is 4.83. The predicted molar refractivity (Wildman–Crippen MR) is 106 cm³/mol. The zero-order valence-corrected chi connectivity index (χ0v) is 16.5. The van der Waals surface area contributed by atoms with E-state index in [1.807, 2.05) is 4.90 Å². The van der Waals surface area contributed by atoms with Crippen LogP contribution in [-0.4, -0.2) is 66.2 Å². The number of nitrogen functional groups attached to an aromatic ring is 1. The van der Waals surface area contributed by atoms with Gasteiger partial charge in [0.2, 0.25) is 0 Å². The zero-order valence-electron chi connectivity index (χ0n) is 16.5. The number of halogens is 3. The average molecular weight is 443 g/mol. The van der Waals surface area contributed by atoms with E-state index in [1.165, 1.54) is 0 Å². The first-order chi connectivity index (χ1) is 14.5. The van der Waals surface area contributed by atoms with Gasteiger partial charge in [0.15, 0.2) is 6.29 Å². The van der Waals surface area contributed by atoms with E-state index in [0.29, 0.717) is 38.4 Å². The summed E-state index contributed by atoms with van der Waals surface area (Å²) in [7, 11) is 0. The van der Waals surface area contributed by atoms with Crippen molar-refractivity contribution in [2.45, 2.75) is 30.8 Å². The Kier molecular flexibility index (Phi) is 8.00. The molecular weight excluding hydrogens is 419 g/mol. The largest absolute Gasteiger partial charge is 0.465 e. The summed E-state index contributed by atoms with van der Waals surface area (Å²) in [6.07, 6.45) is -4.70. The third-order valence-electron chi connectivity index (χ3n) is 4.83. The van der Waals surface area contributed by atoms with E-state index >= 15 is 0 Å². The lowest BCUT2D eigenvalue weighted by atomic mass is 9.99. The molecule has 1 unspecified atom stereocenters. The zero-order chi connectivity index (χ0) is 23.2. The Balaban J connectivity index is 2.15. The van der Waals surface area contributed by atoms with Crippen LogP contribution in [0.5, 0.6) is 0 Å². The predicted octanol–water partition coefficient (Wildman–Crippen LogP) is 1.03. The van der Waals surface area contributed by atoms with Crippen molar-refractivity contribution < 1.29 is 32.7 Å². The molecule has 170 valence electrons. The number of carbonyl (C=O) groups excluding carboxylic acids is 2. The van der Waals surface area contributed by atoms with Gasteiger partial charge in [-0.25, -0.2) is 4.79 Å². The van der Waals surface area contributed by atoms with Crippen molar-refractivity contribution in [1.82, 2.24) is 20.9 Å². The molecule has 1 aromatic rings. The lowest BCUT2D eigenvalue weighted by Crippen LogP contribution is -2.63. The van der Waals surface area contributed by atoms with E-state index < -0.39 is 47.6 Å². The molecule has 9 nitrogen and oxygen atoms in total. The molecule has 0 bridgehead atoms. The first-order valence-corrected chi connectivity index (χ1v) is 9.36. The van der Waals surface area contributed by atoms with Gasteiger partial charge in [0, 0.05) is 31.4 Å². The van der Waals surface area contributed by atoms with E-state index in [4.69, 9.17) is 10.8 Å². The SMILES string of the molecule is C=CCN1CC[C@@H](NC(=O)O)[C@@H](NC(C=O)NC(=O)c2cc(C(F)(F)F)ccc2N)C1. The van der Waals surface area contributed by atoms with Crippen molar-refractivity contribution in [3.63, 3.8) is 0 Å². The van der Waals surface area contributed by atoms with Gasteiger partial charge in [0.25, 0.3) is 5.91 Å². The molecule has 31 heavy (non-hydrogen) atoms. The van der Waals surface area contributed by atoms with Crippen LogP contribution >= 0.6 is 0 Å². The monoisotopic (exact) mass is 443 g/mol. The number of likely N-dealkylation sites (tertiary alicyclic amines) is 1. The molecule has 0 aromatic heterocycles. The number of hydrogen-bond donors (Lipinski definition) is 5. The van der Waals surface area contributed by atoms with Gasteiger partial charge in [-0.2, -0.15) is 13.2 Å². The minimum atomic E-state index is -4.67. The number of hydrogen-bond acceptors (Lipinski definition) is 6. The second-order valence-electron chi connectivity index (χ2n) is 7.05. The number of carbonyl (C=O) groups is 3. The number of benzene rings is 1. The van der Waals surface area contributed by atoms with Gasteiger partial charge >= 0.3 is 12.3 Å². The van der Waals surface area contributed by atoms with Crippen LogP contribution in [0.25, 0.3) is 0 Å². The fourth-order valence-electron chi connectivity index (χ4n) is 3.36. The summed E-state index contributed by atoms with van der Waals surface area (Å²) in [6, 6.07) is 1.21. The number of rotatable bonds is 8. The summed E-state index contributed by atoms with van der Waals surface area (Å²) in [5.74, 6) is -0.977. The number of nitrogens with zero attached hydrogens (tertiary/aromatic N) is 1. The molecule has 1 saturated heterocycles. The first-order valence-electron chi connectivity index (χ1n) is 9.36. The molecule has 12 heteroatoms. The van der Waals surface area contributed by atoms with E-state index in [2.05, 4.69) is 22.5 Å². The van der Waals surface area contributed by atoms with Crippen LogP contribution < -0.4 is 21.7 Å². The molecule has 6 N–H and O–H groups in total. The minimum Gasteiger partial charge on any atom is -0.465 e. The van der Waals surface area contributed by atoms with Gasteiger partial charge in [0.1, 0.15) is 6.17 Å². The fraction of sp³-hybridized carbons (Fsp3) is 0.421. The molecule has 3 atom stereocenters. The van der Waals surface area contributed by atoms with E-state index in [0.717, 1.165) is 12.1 Å². The molecule has 1 aromatic carbocycles. The molecule has 2 rings (SSSR count). The maximum absolute atomic E-state index is 12.9. The van der Waals surface area contributed by atoms with Crippen molar-refractivity contribution in [2.75, 3.05) is 25.4 Å². The summed E-state index contributed by atoms with van der Waals surface area (Å²) in [5.41, 5.74) is 3.97. The number of nitrogens with two attached hydrogens (primary N) is 1. The van der Waals surface area contributed by atoms with E-state index in [1.54, 1.807) is 6.08 Å². The highest BCUT2D eigenvalue weighted by molar-refractivity contribution is 6.00. The maximum atomic E-state index is 12.9. The van der Waals surface area contributed by atoms with Crippen LogP contribution in [0.1, 0.15) is 22.3 Å². The molecule has 0 aliphatic carbocycles. The molecule has 1 heterocycles. The summed E-state index contributed by atoms with van der Waals surface area (Å²) >= 11 is 0. The Morgan fingerprint density at radius 3 is 2.65 bits per heavy atom. The van der Waals surface area contributed by atoms with Gasteiger partial charge in [-0.15, -0.1) is 6.58 Å². The Morgan fingerprint density at radius 1 is 1.35 bits per heavy atom. The summed E-state index contributed by atoms with van der Waals surface area (Å²) in [6.45, 7) is 5.13. The van der Waals surface area contributed by atoms with Crippen LogP contribution in [0.15, 0.2) is 30.9 Å². The molecule has 0 saturated carbocycles. The number of carboxylic acid groups (broad SMARTS) is 1. The Bertz CT molecular complexity index is 833. The molecule has 1 aliphatic heterocycles. The number of nitrogens with one attached hydrogen (secondary N) is 3. The van der Waals surface area contributed by atoms with Crippen LogP contribution in [0, 0.1) is 0 Å². The number of aldehydes is 1. The standard InChI is InChI=1S/C19H24F3N5O4/c1-2-6-27-7-5-14(25-18(30)31)15(9-27)24-16(10-28)26-17(29)12-8-11(19(20,21)22)3-4-13(12)23/h2-4,8,10,14-16,24-25H,1,5-7,9,23H2,(H,26,29)(H,30,31)/t14-,15+,16?/m1/s1. The van der Waals surface area contributed by atoms with Gasteiger partial charge in [-0.3, -0.25) is 19.8 Å². The number of alkyl halides is 3. The fourth-order valence-corrected chi connectivity index (χ4v) is 3.36. The summed E-state index contributed by atoms with van der Waals surface area (Å²) in [4.78, 5) is 37.1. The third kappa shape index (κ3) is 6.69. The van der Waals surface area contributed by atoms with Gasteiger partial charge in [0.05, 0.1) is 17.2 Å². The Hall–Kier alpha value is -3.12. The normalized spacial score (nSPS) is 20.5. The Labute approximate surface area is 176 Å². The molecule has 2 amide bonds. The lowest BCUT2D eigenvalue weighted by molar-refractivity contribution is -0.137. The molecule has 0 radical (unpaired) electrons. The van der Waals surface area contributed by atoms with Crippen LogP contribution in [0.2, 0.25) is 0 Å². The summed E-state index contributed by atoms with van der Waals surface area (Å²) in [5, 5.41) is 16.6. The first kappa shape index (κ1) is 24.2. The highest BCUT2D eigenvalue weighted by Gasteiger charge is 2.33.